The maximum atomic E-state index is 13.0. The normalized spacial score (nSPS) is 12.1. The summed E-state index contributed by atoms with van der Waals surface area (Å²) in [6, 6.07) is 4.20. The number of phenolic OH excluding ortho intramolecular Hbond substituents is 1. The second-order valence-corrected chi connectivity index (χ2v) is 8.51. The van der Waals surface area contributed by atoms with E-state index < -0.39 is 40.8 Å². The molecule has 0 atom stereocenters. The summed E-state index contributed by atoms with van der Waals surface area (Å²) in [5.74, 6) is -2.95. The first-order chi connectivity index (χ1) is 15.4. The highest BCUT2D eigenvalue weighted by Crippen LogP contribution is 2.43. The molecule has 0 aliphatic heterocycles. The lowest BCUT2D eigenvalue weighted by Gasteiger charge is -2.28. The topological polar surface area (TPSA) is 65.0 Å². The number of carbonyl (C=O) groups is 1. The van der Waals surface area contributed by atoms with Crippen LogP contribution < -0.4 is 4.74 Å². The number of hydrogen-bond donors (Lipinski definition) is 1. The standard InChI is InChI=1S/C12H14BrF3O3.C9H6BrF3O2/c1-11(18-3,19-4)7-5-8(12(14,15)16)10(17-2)9(13)6-7;1-4(14)5-2-6(9(11,12)13)8(15)7(10)3-5/h5-6H,1-4H3;2-3,15H,1H3. The van der Waals surface area contributed by atoms with Crippen LogP contribution in [0.2, 0.25) is 0 Å². The lowest BCUT2D eigenvalue weighted by Crippen LogP contribution is -2.27. The number of Topliss-reactive ketones (excluding diaryl/α,β-unsaturated/α-hetero) is 1. The zero-order valence-electron chi connectivity index (χ0n) is 18.4. The van der Waals surface area contributed by atoms with Crippen molar-refractivity contribution in [2.45, 2.75) is 32.0 Å². The molecule has 190 valence electrons. The van der Waals surface area contributed by atoms with Crippen molar-refractivity contribution in [3.05, 3.63) is 55.5 Å². The van der Waals surface area contributed by atoms with Crippen molar-refractivity contribution in [1.29, 1.82) is 0 Å². The van der Waals surface area contributed by atoms with Crippen LogP contribution in [0.5, 0.6) is 11.5 Å². The molecule has 1 N–H and O–H groups in total. The summed E-state index contributed by atoms with van der Waals surface area (Å²) in [6.45, 7) is 2.68. The average molecular weight is 626 g/mol. The molecule has 2 rings (SSSR count). The van der Waals surface area contributed by atoms with Crippen LogP contribution in [0.4, 0.5) is 26.3 Å². The molecule has 2 aromatic carbocycles. The molecule has 0 spiro atoms. The highest BCUT2D eigenvalue weighted by molar-refractivity contribution is 9.10. The van der Waals surface area contributed by atoms with E-state index in [1.54, 1.807) is 0 Å². The summed E-state index contributed by atoms with van der Waals surface area (Å²) in [6.07, 6.45) is -9.22. The second kappa shape index (κ2) is 11.3. The summed E-state index contributed by atoms with van der Waals surface area (Å²) >= 11 is 5.82. The van der Waals surface area contributed by atoms with Crippen molar-refractivity contribution in [2.24, 2.45) is 0 Å². The van der Waals surface area contributed by atoms with E-state index in [1.807, 2.05) is 0 Å². The molecule has 34 heavy (non-hydrogen) atoms. The number of hydrogen-bond acceptors (Lipinski definition) is 5. The molecule has 0 radical (unpaired) electrons. The van der Waals surface area contributed by atoms with E-state index in [0.29, 0.717) is 6.07 Å². The van der Waals surface area contributed by atoms with Crippen LogP contribution in [-0.2, 0) is 27.6 Å². The summed E-state index contributed by atoms with van der Waals surface area (Å²) in [7, 11) is 3.89. The maximum Gasteiger partial charge on any atom is 0.420 e. The first-order valence-electron chi connectivity index (χ1n) is 9.09. The number of aromatic hydroxyl groups is 1. The van der Waals surface area contributed by atoms with Crippen LogP contribution in [0.1, 0.15) is 40.9 Å². The van der Waals surface area contributed by atoms with E-state index >= 15 is 0 Å². The van der Waals surface area contributed by atoms with E-state index in [9.17, 15) is 31.1 Å². The largest absolute Gasteiger partial charge is 0.506 e. The molecule has 0 heterocycles. The predicted molar refractivity (Wildman–Crippen MR) is 118 cm³/mol. The number of halogens is 8. The lowest BCUT2D eigenvalue weighted by atomic mass is 10.0. The van der Waals surface area contributed by atoms with Crippen molar-refractivity contribution in [1.82, 2.24) is 0 Å². The van der Waals surface area contributed by atoms with Crippen molar-refractivity contribution >= 4 is 37.6 Å². The molecule has 0 aliphatic rings. The van der Waals surface area contributed by atoms with E-state index in [0.717, 1.165) is 19.1 Å². The molecule has 0 saturated carbocycles. The molecule has 0 saturated heterocycles. The highest BCUT2D eigenvalue weighted by atomic mass is 79.9. The van der Waals surface area contributed by atoms with Gasteiger partial charge in [-0.15, -0.1) is 0 Å². The van der Waals surface area contributed by atoms with Crippen LogP contribution in [0, 0.1) is 0 Å². The predicted octanol–water partition coefficient (Wildman–Crippen LogP) is 7.32. The average Bonchev–Trinajstić information content (AvgIpc) is 2.73. The third-order valence-corrected chi connectivity index (χ3v) is 5.83. The number of alkyl halides is 6. The van der Waals surface area contributed by atoms with Crippen LogP contribution in [0.15, 0.2) is 33.2 Å². The molecule has 0 aromatic heterocycles. The van der Waals surface area contributed by atoms with Crippen LogP contribution in [0.25, 0.3) is 0 Å². The molecular formula is C21H20Br2F6O5. The zero-order chi connectivity index (χ0) is 26.6. The Balaban J connectivity index is 0.000000350. The van der Waals surface area contributed by atoms with Crippen LogP contribution in [-0.4, -0.2) is 32.2 Å². The van der Waals surface area contributed by atoms with Gasteiger partial charge in [0.1, 0.15) is 11.5 Å². The second-order valence-electron chi connectivity index (χ2n) is 6.80. The minimum atomic E-state index is -4.68. The highest BCUT2D eigenvalue weighted by Gasteiger charge is 2.38. The summed E-state index contributed by atoms with van der Waals surface area (Å²) in [4.78, 5) is 10.9. The SMILES string of the molecule is CC(=O)c1cc(Br)c(O)c(C(F)(F)F)c1.COc1c(Br)cc(C(C)(OC)OC)cc1C(F)(F)F. The smallest absolute Gasteiger partial charge is 0.420 e. The van der Waals surface area contributed by atoms with Gasteiger partial charge in [-0.25, -0.2) is 0 Å². The third kappa shape index (κ3) is 7.09. The fourth-order valence-electron chi connectivity index (χ4n) is 2.61. The number of ether oxygens (including phenoxy) is 3. The number of benzene rings is 2. The maximum absolute atomic E-state index is 13.0. The van der Waals surface area contributed by atoms with Gasteiger partial charge < -0.3 is 19.3 Å². The fourth-order valence-corrected chi connectivity index (χ4v) is 3.69. The molecule has 0 unspecified atom stereocenters. The number of phenols is 1. The van der Waals surface area contributed by atoms with Gasteiger partial charge in [-0.1, -0.05) is 0 Å². The van der Waals surface area contributed by atoms with E-state index in [4.69, 9.17) is 19.3 Å². The first-order valence-corrected chi connectivity index (χ1v) is 10.7. The summed E-state index contributed by atoms with van der Waals surface area (Å²) in [5.41, 5.74) is -1.98. The van der Waals surface area contributed by atoms with Crippen molar-refractivity contribution < 1.29 is 50.5 Å². The Labute approximate surface area is 208 Å². The first kappa shape index (κ1) is 30.2. The van der Waals surface area contributed by atoms with Gasteiger partial charge in [0.15, 0.2) is 11.6 Å². The van der Waals surface area contributed by atoms with Crippen LogP contribution >= 0.6 is 31.9 Å². The van der Waals surface area contributed by atoms with Crippen molar-refractivity contribution in [3.63, 3.8) is 0 Å². The van der Waals surface area contributed by atoms with Gasteiger partial charge in [0.25, 0.3) is 0 Å². The number of rotatable bonds is 5. The molecule has 0 bridgehead atoms. The Bertz CT molecular complexity index is 1030. The Morgan fingerprint density at radius 3 is 1.74 bits per heavy atom. The van der Waals surface area contributed by atoms with Gasteiger partial charge in [0.05, 0.1) is 27.2 Å². The van der Waals surface area contributed by atoms with Gasteiger partial charge >= 0.3 is 12.4 Å². The van der Waals surface area contributed by atoms with Gasteiger partial charge in [0, 0.05) is 25.3 Å². The molecular weight excluding hydrogens is 606 g/mol. The van der Waals surface area contributed by atoms with Gasteiger partial charge in [-0.05, 0) is 70.0 Å². The van der Waals surface area contributed by atoms with E-state index in [2.05, 4.69) is 31.9 Å². The minimum absolute atomic E-state index is 0.105. The van der Waals surface area contributed by atoms with Crippen molar-refractivity contribution in [2.75, 3.05) is 21.3 Å². The van der Waals surface area contributed by atoms with Gasteiger partial charge in [-0.2, -0.15) is 26.3 Å². The monoisotopic (exact) mass is 624 g/mol. The third-order valence-electron chi connectivity index (χ3n) is 4.63. The van der Waals surface area contributed by atoms with Crippen LogP contribution in [0.3, 0.4) is 0 Å². The Morgan fingerprint density at radius 2 is 1.35 bits per heavy atom. The quantitative estimate of drug-likeness (QED) is 0.214. The Kier molecular flexibility index (Phi) is 10.0. The van der Waals surface area contributed by atoms with Gasteiger partial charge in [-0.3, -0.25) is 4.79 Å². The summed E-state index contributed by atoms with van der Waals surface area (Å²) < 4.78 is 91.2. The fraction of sp³-hybridized carbons (Fsp3) is 0.381. The number of methoxy groups -OCH3 is 3. The molecule has 0 aliphatic carbocycles. The molecule has 2 aromatic rings. The Morgan fingerprint density at radius 1 is 0.853 bits per heavy atom. The lowest BCUT2D eigenvalue weighted by molar-refractivity contribution is -0.202. The van der Waals surface area contributed by atoms with Crippen molar-refractivity contribution in [3.8, 4) is 11.5 Å². The zero-order valence-corrected chi connectivity index (χ0v) is 21.6. The number of ketones is 1. The Hall–Kier alpha value is -1.83. The van der Waals surface area contributed by atoms with E-state index in [-0.39, 0.29) is 25.8 Å². The van der Waals surface area contributed by atoms with E-state index in [1.165, 1.54) is 34.3 Å². The minimum Gasteiger partial charge on any atom is -0.506 e. The van der Waals surface area contributed by atoms with Gasteiger partial charge in [0.2, 0.25) is 0 Å². The molecule has 13 heteroatoms. The summed E-state index contributed by atoms with van der Waals surface area (Å²) in [5, 5.41) is 9.16. The molecule has 5 nitrogen and oxygen atoms in total. The molecule has 0 fully saturated rings. The molecule has 0 amide bonds. The number of carbonyl (C=O) groups excluding carboxylic acids is 1.